The summed E-state index contributed by atoms with van der Waals surface area (Å²) < 4.78 is 5.25. The van der Waals surface area contributed by atoms with Gasteiger partial charge < -0.3 is 19.1 Å². The fraction of sp³-hybridized carbons (Fsp3) is 0.515. The second-order valence-corrected chi connectivity index (χ2v) is 13.0. The van der Waals surface area contributed by atoms with Gasteiger partial charge in [0.1, 0.15) is 0 Å². The van der Waals surface area contributed by atoms with E-state index in [9.17, 15) is 19.2 Å². The third kappa shape index (κ3) is 3.88. The molecular weight excluding hydrogens is 532 g/mol. The summed E-state index contributed by atoms with van der Waals surface area (Å²) in [6.07, 6.45) is 11.4. The molecular formula is C33H36N4O5. The van der Waals surface area contributed by atoms with Gasteiger partial charge in [-0.05, 0) is 79.5 Å². The molecule has 2 saturated carbocycles. The van der Waals surface area contributed by atoms with Crippen molar-refractivity contribution in [1.29, 1.82) is 0 Å². The lowest BCUT2D eigenvalue weighted by molar-refractivity contribution is -0.137. The Bertz CT molecular complexity index is 1490. The van der Waals surface area contributed by atoms with E-state index in [-0.39, 0.29) is 29.5 Å². The first kappa shape index (κ1) is 25.8. The summed E-state index contributed by atoms with van der Waals surface area (Å²) in [4.78, 5) is 60.8. The topological polar surface area (TPSA) is 94.4 Å². The van der Waals surface area contributed by atoms with Gasteiger partial charge in [0, 0.05) is 45.8 Å². The van der Waals surface area contributed by atoms with Gasteiger partial charge in [-0.1, -0.05) is 18.2 Å². The molecule has 3 aliphatic carbocycles. The minimum atomic E-state index is -0.194. The van der Waals surface area contributed by atoms with Crippen LogP contribution >= 0.6 is 0 Å². The summed E-state index contributed by atoms with van der Waals surface area (Å²) in [6.45, 7) is 3.68. The van der Waals surface area contributed by atoms with Crippen molar-refractivity contribution < 1.29 is 23.6 Å². The number of rotatable bonds is 5. The average Bonchev–Trinajstić information content (AvgIpc) is 3.26. The maximum absolute atomic E-state index is 13.8. The van der Waals surface area contributed by atoms with E-state index in [1.54, 1.807) is 23.1 Å². The lowest BCUT2D eigenvalue weighted by atomic mass is 9.88. The first-order valence-corrected chi connectivity index (χ1v) is 15.5. The standard InChI is InChI=1S/C33H36N4O5/c38-29(34-13-15-35(16-14-34)31(40)27-7-3-17-42-27)21-4-2-12-36(19-21)26-6-1-5-24-28(26)32(41)37(30(24)39)20-22-18-23-8-9-25(22)33(23)10-11-33/h1,3,5-9,17,21-23,25H,2,4,10-16,18-20H2. The first-order chi connectivity index (χ1) is 20.4. The normalized spacial score (nSPS) is 29.1. The number of carbonyl (C=O) groups excluding carboxylic acids is 4. The molecule has 2 saturated heterocycles. The van der Waals surface area contributed by atoms with Crippen molar-refractivity contribution in [3.05, 3.63) is 65.6 Å². The monoisotopic (exact) mass is 568 g/mol. The molecule has 2 bridgehead atoms. The van der Waals surface area contributed by atoms with Crippen LogP contribution in [0.2, 0.25) is 0 Å². The average molecular weight is 569 g/mol. The maximum Gasteiger partial charge on any atom is 0.289 e. The number of fused-ring (bicyclic) bond motifs is 1. The van der Waals surface area contributed by atoms with Gasteiger partial charge in [0.15, 0.2) is 5.76 Å². The molecule has 8 rings (SSSR count). The zero-order valence-corrected chi connectivity index (χ0v) is 23.7. The van der Waals surface area contributed by atoms with Crippen molar-refractivity contribution >= 4 is 29.3 Å². The largest absolute Gasteiger partial charge is 0.459 e. The highest BCUT2D eigenvalue weighted by atomic mass is 16.3. The number of hydrogen-bond acceptors (Lipinski definition) is 6. The van der Waals surface area contributed by atoms with E-state index in [0.29, 0.717) is 79.3 Å². The van der Waals surface area contributed by atoms with Crippen molar-refractivity contribution in [2.45, 2.75) is 32.1 Å². The SMILES string of the molecule is O=C(c1ccco1)N1CCN(C(=O)C2CCCN(c3cccc4c3C(=O)N(CC3CC5C=CC3C53CC3)C4=O)C2)CC1. The number of amides is 4. The molecule has 6 aliphatic rings. The molecule has 4 amide bonds. The summed E-state index contributed by atoms with van der Waals surface area (Å²) in [5.41, 5.74) is 2.18. The summed E-state index contributed by atoms with van der Waals surface area (Å²) in [5, 5.41) is 0. The smallest absolute Gasteiger partial charge is 0.289 e. The number of benzene rings is 1. The van der Waals surface area contributed by atoms with Crippen molar-refractivity contribution in [3.8, 4) is 0 Å². The highest BCUT2D eigenvalue weighted by Crippen LogP contribution is 2.70. The van der Waals surface area contributed by atoms with Gasteiger partial charge in [0.25, 0.3) is 17.7 Å². The van der Waals surface area contributed by atoms with Crippen molar-refractivity contribution in [2.24, 2.45) is 29.1 Å². The van der Waals surface area contributed by atoms with Crippen LogP contribution in [0.5, 0.6) is 0 Å². The molecule has 3 aliphatic heterocycles. The van der Waals surface area contributed by atoms with Crippen LogP contribution in [0.1, 0.15) is 63.4 Å². The highest BCUT2D eigenvalue weighted by Gasteiger charge is 2.63. The van der Waals surface area contributed by atoms with Gasteiger partial charge >= 0.3 is 0 Å². The number of allylic oxidation sites excluding steroid dienone is 2. The Morgan fingerprint density at radius 1 is 0.929 bits per heavy atom. The highest BCUT2D eigenvalue weighted by molar-refractivity contribution is 6.23. The fourth-order valence-corrected chi connectivity index (χ4v) is 8.65. The van der Waals surface area contributed by atoms with Crippen LogP contribution in [-0.4, -0.2) is 84.1 Å². The Hall–Kier alpha value is -3.88. The molecule has 9 nitrogen and oxygen atoms in total. The third-order valence-corrected chi connectivity index (χ3v) is 11.0. The lowest BCUT2D eigenvalue weighted by Gasteiger charge is -2.39. The number of piperazine rings is 1. The van der Waals surface area contributed by atoms with Gasteiger partial charge in [0.2, 0.25) is 5.91 Å². The zero-order chi connectivity index (χ0) is 28.6. The summed E-state index contributed by atoms with van der Waals surface area (Å²) >= 11 is 0. The number of hydrogen-bond donors (Lipinski definition) is 0. The predicted octanol–water partition coefficient (Wildman–Crippen LogP) is 3.68. The quantitative estimate of drug-likeness (QED) is 0.404. The molecule has 1 spiro atoms. The molecule has 0 radical (unpaired) electrons. The molecule has 218 valence electrons. The van der Waals surface area contributed by atoms with E-state index < -0.39 is 0 Å². The Balaban J connectivity index is 0.943. The Kier molecular flexibility index (Phi) is 5.88. The number of furan rings is 1. The van der Waals surface area contributed by atoms with E-state index >= 15 is 0 Å². The molecule has 4 heterocycles. The molecule has 4 unspecified atom stereocenters. The number of nitrogens with zero attached hydrogens (tertiary/aromatic N) is 4. The molecule has 9 heteroatoms. The van der Waals surface area contributed by atoms with E-state index in [0.717, 1.165) is 31.5 Å². The van der Waals surface area contributed by atoms with E-state index in [4.69, 9.17) is 4.42 Å². The third-order valence-electron chi connectivity index (χ3n) is 11.0. The van der Waals surface area contributed by atoms with E-state index in [2.05, 4.69) is 17.1 Å². The van der Waals surface area contributed by atoms with Crippen LogP contribution in [0.25, 0.3) is 0 Å². The summed E-state index contributed by atoms with van der Waals surface area (Å²) in [5.74, 6) is 1.16. The van der Waals surface area contributed by atoms with Crippen LogP contribution in [0.3, 0.4) is 0 Å². The molecule has 4 atom stereocenters. The van der Waals surface area contributed by atoms with Crippen molar-refractivity contribution in [2.75, 3.05) is 50.7 Å². The van der Waals surface area contributed by atoms with Gasteiger partial charge in [-0.2, -0.15) is 0 Å². The Morgan fingerprint density at radius 2 is 1.74 bits per heavy atom. The van der Waals surface area contributed by atoms with Crippen LogP contribution in [0.15, 0.2) is 53.2 Å². The van der Waals surface area contributed by atoms with Crippen molar-refractivity contribution in [3.63, 3.8) is 0 Å². The molecule has 4 fully saturated rings. The zero-order valence-electron chi connectivity index (χ0n) is 23.7. The van der Waals surface area contributed by atoms with Crippen LogP contribution in [0.4, 0.5) is 5.69 Å². The molecule has 1 aromatic carbocycles. The number of carbonyl (C=O) groups is 4. The maximum atomic E-state index is 13.8. The Morgan fingerprint density at radius 3 is 2.48 bits per heavy atom. The van der Waals surface area contributed by atoms with E-state index in [1.807, 2.05) is 17.0 Å². The molecule has 0 N–H and O–H groups in total. The first-order valence-electron chi connectivity index (χ1n) is 15.5. The predicted molar refractivity (Wildman–Crippen MR) is 154 cm³/mol. The molecule has 2 aromatic rings. The van der Waals surface area contributed by atoms with Crippen molar-refractivity contribution in [1.82, 2.24) is 14.7 Å². The number of anilines is 1. The lowest BCUT2D eigenvalue weighted by Crippen LogP contribution is -2.53. The van der Waals surface area contributed by atoms with Gasteiger partial charge in [-0.3, -0.25) is 24.1 Å². The number of imide groups is 1. The van der Waals surface area contributed by atoms with Gasteiger partial charge in [-0.25, -0.2) is 0 Å². The summed E-state index contributed by atoms with van der Waals surface area (Å²) in [7, 11) is 0. The second-order valence-electron chi connectivity index (χ2n) is 13.0. The van der Waals surface area contributed by atoms with Gasteiger partial charge in [-0.15, -0.1) is 0 Å². The van der Waals surface area contributed by atoms with Crippen LogP contribution in [-0.2, 0) is 4.79 Å². The minimum Gasteiger partial charge on any atom is -0.459 e. The second kappa shape index (κ2) is 9.57. The van der Waals surface area contributed by atoms with Crippen LogP contribution < -0.4 is 4.90 Å². The number of piperidine rings is 1. The minimum absolute atomic E-state index is 0.0970. The van der Waals surface area contributed by atoms with Gasteiger partial charge in [0.05, 0.1) is 29.0 Å². The Labute approximate surface area is 245 Å². The summed E-state index contributed by atoms with van der Waals surface area (Å²) in [6, 6.07) is 8.93. The molecule has 42 heavy (non-hydrogen) atoms. The molecule has 1 aromatic heterocycles. The van der Waals surface area contributed by atoms with E-state index in [1.165, 1.54) is 24.0 Å². The fourth-order valence-electron chi connectivity index (χ4n) is 8.65. The van der Waals surface area contributed by atoms with Crippen LogP contribution in [0, 0.1) is 29.1 Å².